The fraction of sp³-hybridized carbons (Fsp3) is 0.500. The molecule has 0 aromatic heterocycles. The number of hydrogen-bond donors (Lipinski definition) is 1. The molecule has 1 aliphatic heterocycles. The Labute approximate surface area is 128 Å². The quantitative estimate of drug-likeness (QED) is 0.853. The standard InChI is InChI=1S/C14H20BrN3S/c1-17(2)9-11-4-3-7-18(11)13-6-5-10(14(16)19)8-12(13)15/h5-6,8,11H,3-4,7,9H2,1-2H3,(H2,16,19). The zero-order chi connectivity index (χ0) is 14.0. The number of nitrogens with zero attached hydrogens (tertiary/aromatic N) is 2. The Hall–Kier alpha value is -0.650. The molecule has 104 valence electrons. The van der Waals surface area contributed by atoms with E-state index in [4.69, 9.17) is 18.0 Å². The largest absolute Gasteiger partial charge is 0.389 e. The van der Waals surface area contributed by atoms with Crippen molar-refractivity contribution in [2.45, 2.75) is 18.9 Å². The lowest BCUT2D eigenvalue weighted by Gasteiger charge is -2.30. The highest BCUT2D eigenvalue weighted by Gasteiger charge is 2.26. The second-order valence-corrected chi connectivity index (χ2v) is 6.58. The van der Waals surface area contributed by atoms with Crippen LogP contribution in [-0.4, -0.2) is 43.1 Å². The molecule has 1 heterocycles. The highest BCUT2D eigenvalue weighted by atomic mass is 79.9. The lowest BCUT2D eigenvalue weighted by molar-refractivity contribution is 0.372. The van der Waals surface area contributed by atoms with Crippen molar-refractivity contribution in [1.29, 1.82) is 0 Å². The maximum absolute atomic E-state index is 5.67. The average molecular weight is 342 g/mol. The molecule has 0 amide bonds. The first kappa shape index (κ1) is 14.8. The number of halogens is 1. The molecule has 0 aliphatic carbocycles. The second-order valence-electron chi connectivity index (χ2n) is 5.28. The summed E-state index contributed by atoms with van der Waals surface area (Å²) >= 11 is 8.67. The minimum atomic E-state index is 0.443. The van der Waals surface area contributed by atoms with Crippen LogP contribution in [-0.2, 0) is 0 Å². The van der Waals surface area contributed by atoms with E-state index in [1.54, 1.807) is 0 Å². The molecule has 19 heavy (non-hydrogen) atoms. The van der Waals surface area contributed by atoms with Crippen LogP contribution in [0, 0.1) is 0 Å². The van der Waals surface area contributed by atoms with Crippen LogP contribution in [0.3, 0.4) is 0 Å². The molecule has 2 N–H and O–H groups in total. The van der Waals surface area contributed by atoms with Crippen molar-refractivity contribution in [2.24, 2.45) is 5.73 Å². The smallest absolute Gasteiger partial charge is 0.104 e. The summed E-state index contributed by atoms with van der Waals surface area (Å²) in [6, 6.07) is 6.73. The third-order valence-corrected chi connectivity index (χ3v) is 4.37. The van der Waals surface area contributed by atoms with Crippen LogP contribution in [0.1, 0.15) is 18.4 Å². The molecule has 3 nitrogen and oxygen atoms in total. The van der Waals surface area contributed by atoms with Crippen molar-refractivity contribution in [2.75, 3.05) is 32.1 Å². The first-order chi connectivity index (χ1) is 8.99. The first-order valence-electron chi connectivity index (χ1n) is 6.50. The van der Waals surface area contributed by atoms with E-state index in [1.165, 1.54) is 18.5 Å². The average Bonchev–Trinajstić information content (AvgIpc) is 2.75. The first-order valence-corrected chi connectivity index (χ1v) is 7.70. The summed E-state index contributed by atoms with van der Waals surface area (Å²) in [5, 5.41) is 0. The van der Waals surface area contributed by atoms with Crippen molar-refractivity contribution in [1.82, 2.24) is 4.90 Å². The van der Waals surface area contributed by atoms with E-state index >= 15 is 0 Å². The third kappa shape index (κ3) is 3.46. The van der Waals surface area contributed by atoms with Gasteiger partial charge in [0.1, 0.15) is 4.99 Å². The fourth-order valence-corrected chi connectivity index (χ4v) is 3.39. The molecule has 2 rings (SSSR count). The molecule has 0 bridgehead atoms. The lowest BCUT2D eigenvalue weighted by atomic mass is 10.1. The van der Waals surface area contributed by atoms with E-state index in [1.807, 2.05) is 12.1 Å². The van der Waals surface area contributed by atoms with Crippen LogP contribution in [0.2, 0.25) is 0 Å². The summed E-state index contributed by atoms with van der Waals surface area (Å²) in [6.45, 7) is 2.20. The molecule has 1 atom stereocenters. The predicted octanol–water partition coefficient (Wildman–Crippen LogP) is 2.61. The number of nitrogens with two attached hydrogens (primary N) is 1. The number of benzene rings is 1. The predicted molar refractivity (Wildman–Crippen MR) is 89.0 cm³/mol. The molecule has 1 saturated heterocycles. The molecule has 1 fully saturated rings. The summed E-state index contributed by atoms with van der Waals surface area (Å²) < 4.78 is 1.07. The van der Waals surface area contributed by atoms with Crippen molar-refractivity contribution < 1.29 is 0 Å². The van der Waals surface area contributed by atoms with Crippen molar-refractivity contribution in [3.05, 3.63) is 28.2 Å². The van der Waals surface area contributed by atoms with E-state index in [9.17, 15) is 0 Å². The Morgan fingerprint density at radius 2 is 2.26 bits per heavy atom. The van der Waals surface area contributed by atoms with Gasteiger partial charge in [0, 0.05) is 29.2 Å². The van der Waals surface area contributed by atoms with E-state index in [0.717, 1.165) is 23.1 Å². The zero-order valence-corrected chi connectivity index (χ0v) is 13.8. The van der Waals surface area contributed by atoms with Gasteiger partial charge < -0.3 is 15.5 Å². The molecular weight excluding hydrogens is 322 g/mol. The number of thiocarbonyl (C=S) groups is 1. The molecule has 1 aliphatic rings. The fourth-order valence-electron chi connectivity index (χ4n) is 2.66. The molecule has 1 aromatic rings. The van der Waals surface area contributed by atoms with E-state index in [2.05, 4.69) is 45.9 Å². The van der Waals surface area contributed by atoms with Crippen LogP contribution in [0.5, 0.6) is 0 Å². The van der Waals surface area contributed by atoms with Gasteiger partial charge in [-0.2, -0.15) is 0 Å². The highest BCUT2D eigenvalue weighted by Crippen LogP contribution is 2.33. The molecule has 5 heteroatoms. The summed E-state index contributed by atoms with van der Waals surface area (Å²) in [6.07, 6.45) is 2.50. The summed E-state index contributed by atoms with van der Waals surface area (Å²) in [5.74, 6) is 0. The van der Waals surface area contributed by atoms with E-state index in [0.29, 0.717) is 11.0 Å². The van der Waals surface area contributed by atoms with Gasteiger partial charge in [-0.1, -0.05) is 12.2 Å². The van der Waals surface area contributed by atoms with Crippen LogP contribution >= 0.6 is 28.1 Å². The normalized spacial score (nSPS) is 19.2. The molecule has 0 radical (unpaired) electrons. The molecular formula is C14H20BrN3S. The third-order valence-electron chi connectivity index (χ3n) is 3.49. The second kappa shape index (κ2) is 6.20. The molecule has 1 unspecified atom stereocenters. The number of rotatable bonds is 4. The van der Waals surface area contributed by atoms with Gasteiger partial charge in [-0.05, 0) is 61.1 Å². The Bertz CT molecular complexity index is 476. The van der Waals surface area contributed by atoms with E-state index < -0.39 is 0 Å². The van der Waals surface area contributed by atoms with Gasteiger partial charge in [0.2, 0.25) is 0 Å². The van der Waals surface area contributed by atoms with E-state index in [-0.39, 0.29) is 0 Å². The van der Waals surface area contributed by atoms with Crippen LogP contribution < -0.4 is 10.6 Å². The minimum Gasteiger partial charge on any atom is -0.389 e. The van der Waals surface area contributed by atoms with Gasteiger partial charge >= 0.3 is 0 Å². The minimum absolute atomic E-state index is 0.443. The van der Waals surface area contributed by atoms with Gasteiger partial charge in [0.05, 0.1) is 5.69 Å². The maximum Gasteiger partial charge on any atom is 0.104 e. The van der Waals surface area contributed by atoms with Crippen LogP contribution in [0.25, 0.3) is 0 Å². The van der Waals surface area contributed by atoms with Gasteiger partial charge in [-0.15, -0.1) is 0 Å². The van der Waals surface area contributed by atoms with Gasteiger partial charge in [0.25, 0.3) is 0 Å². The van der Waals surface area contributed by atoms with Crippen LogP contribution in [0.4, 0.5) is 5.69 Å². The number of likely N-dealkylation sites (N-methyl/N-ethyl adjacent to an activating group) is 1. The zero-order valence-electron chi connectivity index (χ0n) is 11.4. The highest BCUT2D eigenvalue weighted by molar-refractivity contribution is 9.10. The monoisotopic (exact) mass is 341 g/mol. The van der Waals surface area contributed by atoms with Crippen molar-refractivity contribution in [3.8, 4) is 0 Å². The van der Waals surface area contributed by atoms with Gasteiger partial charge in [0.15, 0.2) is 0 Å². The van der Waals surface area contributed by atoms with Crippen molar-refractivity contribution in [3.63, 3.8) is 0 Å². The van der Waals surface area contributed by atoms with Crippen LogP contribution in [0.15, 0.2) is 22.7 Å². The van der Waals surface area contributed by atoms with Crippen molar-refractivity contribution >= 4 is 38.8 Å². The summed E-state index contributed by atoms with van der Waals surface area (Å²) in [7, 11) is 4.25. The summed E-state index contributed by atoms with van der Waals surface area (Å²) in [5.41, 5.74) is 7.82. The Morgan fingerprint density at radius 1 is 1.53 bits per heavy atom. The Kier molecular flexibility index (Phi) is 4.81. The molecule has 0 saturated carbocycles. The molecule has 1 aromatic carbocycles. The number of hydrogen-bond acceptors (Lipinski definition) is 3. The Morgan fingerprint density at radius 3 is 2.84 bits per heavy atom. The molecule has 0 spiro atoms. The van der Waals surface area contributed by atoms with Gasteiger partial charge in [-0.3, -0.25) is 0 Å². The maximum atomic E-state index is 5.67. The Balaban J connectivity index is 2.23. The topological polar surface area (TPSA) is 32.5 Å². The number of anilines is 1. The summed E-state index contributed by atoms with van der Waals surface area (Å²) in [4.78, 5) is 5.17. The lowest BCUT2D eigenvalue weighted by Crippen LogP contribution is -2.37. The van der Waals surface area contributed by atoms with Gasteiger partial charge in [-0.25, -0.2) is 0 Å². The SMILES string of the molecule is CN(C)CC1CCCN1c1ccc(C(N)=S)cc1Br.